The van der Waals surface area contributed by atoms with Crippen molar-refractivity contribution in [3.05, 3.63) is 71.2 Å². The molecule has 44 heavy (non-hydrogen) atoms. The maximum atomic E-state index is 13.1. The second kappa shape index (κ2) is 12.7. The maximum absolute atomic E-state index is 13.1. The molecule has 10 nitrogen and oxygen atoms in total. The molecule has 2 amide bonds. The summed E-state index contributed by atoms with van der Waals surface area (Å²) in [4.78, 5) is 36.0. The number of hydrogen-bond acceptors (Lipinski definition) is 8. The van der Waals surface area contributed by atoms with Crippen molar-refractivity contribution >= 4 is 29.6 Å². The molecule has 4 N–H and O–H groups in total. The second-order valence-electron chi connectivity index (χ2n) is 13.1. The molecule has 5 rings (SSSR count). The molecule has 234 valence electrons. The minimum absolute atomic E-state index is 0.0568. The van der Waals surface area contributed by atoms with Crippen molar-refractivity contribution in [1.29, 1.82) is 0 Å². The van der Waals surface area contributed by atoms with Gasteiger partial charge < -0.3 is 30.7 Å². The molecule has 0 bridgehead atoms. The molecule has 2 aromatic rings. The standard InChI is InChI=1S/C34H44N6O4/c1-22(9-13-36-23(2)35)28-21-38-30(27-10-16-43-29(27)28)37-20-24-7-6-8-25(17-24)31(41)39-26-18-34(19-26)11-14-40(15-12-34)32(42)44-33(3,4)5/h6-9,13,17,21,26H,2,10-12,14-16,18-20,35H2,1,3-5H3,(H,37,38)(H,39,41)/b22-9+,36-13-. The molecule has 1 aromatic carbocycles. The Morgan fingerprint density at radius 1 is 1.27 bits per heavy atom. The zero-order valence-corrected chi connectivity index (χ0v) is 26.2. The molecule has 1 saturated carbocycles. The number of nitrogens with two attached hydrogens (primary N) is 1. The van der Waals surface area contributed by atoms with Crippen molar-refractivity contribution in [2.45, 2.75) is 78.0 Å². The fraction of sp³-hybridized carbons (Fsp3) is 0.471. The van der Waals surface area contributed by atoms with Crippen LogP contribution in [-0.2, 0) is 17.7 Å². The number of rotatable bonds is 8. The number of hydrogen-bond donors (Lipinski definition) is 3. The predicted molar refractivity (Wildman–Crippen MR) is 173 cm³/mol. The number of carbonyl (C=O) groups excluding carboxylic acids is 2. The van der Waals surface area contributed by atoms with E-state index in [-0.39, 0.29) is 29.3 Å². The fourth-order valence-corrected chi connectivity index (χ4v) is 6.22. The lowest BCUT2D eigenvalue weighted by molar-refractivity contribution is -0.0151. The van der Waals surface area contributed by atoms with Crippen molar-refractivity contribution in [3.63, 3.8) is 0 Å². The first kappa shape index (κ1) is 31.1. The predicted octanol–water partition coefficient (Wildman–Crippen LogP) is 5.44. The van der Waals surface area contributed by atoms with E-state index in [9.17, 15) is 9.59 Å². The Labute approximate surface area is 259 Å². The van der Waals surface area contributed by atoms with Gasteiger partial charge in [0.2, 0.25) is 0 Å². The number of aromatic nitrogens is 1. The molecule has 1 saturated heterocycles. The SMILES string of the molecule is C=C(N)/N=C\C=C(/C)c1cnc(NCc2cccc(C(=O)NC3CC4(CCN(C(=O)OC(C)(C)C)CC4)C3)c2)c2c1OCC2. The van der Waals surface area contributed by atoms with Gasteiger partial charge in [0.25, 0.3) is 5.91 Å². The number of allylic oxidation sites excluding steroid dienone is 2. The third-order valence-electron chi connectivity index (χ3n) is 8.53. The van der Waals surface area contributed by atoms with Crippen LogP contribution in [0.1, 0.15) is 80.4 Å². The van der Waals surface area contributed by atoms with E-state index in [4.69, 9.17) is 15.2 Å². The van der Waals surface area contributed by atoms with Gasteiger partial charge in [-0.15, -0.1) is 0 Å². The molecule has 1 aliphatic carbocycles. The minimum Gasteiger partial charge on any atom is -0.492 e. The number of benzene rings is 1. The fourth-order valence-electron chi connectivity index (χ4n) is 6.22. The number of piperidine rings is 1. The van der Waals surface area contributed by atoms with Gasteiger partial charge >= 0.3 is 6.09 Å². The number of aliphatic imine (C=N–C) groups is 1. The third-order valence-corrected chi connectivity index (χ3v) is 8.53. The van der Waals surface area contributed by atoms with Crippen LogP contribution in [0, 0.1) is 5.41 Å². The Balaban J connectivity index is 1.13. The number of likely N-dealkylation sites (tertiary alicyclic amines) is 1. The Bertz CT molecular complexity index is 1480. The Hall–Kier alpha value is -4.34. The highest BCUT2D eigenvalue weighted by Gasteiger charge is 2.47. The van der Waals surface area contributed by atoms with Crippen LogP contribution >= 0.6 is 0 Å². The molecule has 0 radical (unpaired) electrons. The van der Waals surface area contributed by atoms with Gasteiger partial charge in [0.15, 0.2) is 0 Å². The summed E-state index contributed by atoms with van der Waals surface area (Å²) in [7, 11) is 0. The van der Waals surface area contributed by atoms with Gasteiger partial charge in [0.05, 0.1) is 6.61 Å². The molecular formula is C34H44N6O4. The summed E-state index contributed by atoms with van der Waals surface area (Å²) < 4.78 is 11.5. The zero-order chi connectivity index (χ0) is 31.5. The summed E-state index contributed by atoms with van der Waals surface area (Å²) >= 11 is 0. The van der Waals surface area contributed by atoms with E-state index in [1.54, 1.807) is 12.4 Å². The molecule has 10 heteroatoms. The number of ether oxygens (including phenoxy) is 2. The van der Waals surface area contributed by atoms with Gasteiger partial charge in [0.1, 0.15) is 23.0 Å². The highest BCUT2D eigenvalue weighted by Crippen LogP contribution is 2.49. The first-order chi connectivity index (χ1) is 20.9. The van der Waals surface area contributed by atoms with E-state index in [0.29, 0.717) is 31.8 Å². The number of fused-ring (bicyclic) bond motifs is 1. The van der Waals surface area contributed by atoms with Crippen LogP contribution in [0.25, 0.3) is 5.57 Å². The minimum atomic E-state index is -0.488. The number of nitrogens with zero attached hydrogens (tertiary/aromatic N) is 3. The number of amides is 2. The van der Waals surface area contributed by atoms with Crippen molar-refractivity contribution in [2.75, 3.05) is 25.0 Å². The Morgan fingerprint density at radius 2 is 2.02 bits per heavy atom. The number of carbonyl (C=O) groups is 2. The molecule has 1 spiro atoms. The van der Waals surface area contributed by atoms with Gasteiger partial charge in [-0.05, 0) is 88.1 Å². The topological polar surface area (TPSA) is 131 Å². The summed E-state index contributed by atoms with van der Waals surface area (Å²) in [6, 6.07) is 7.85. The lowest BCUT2D eigenvalue weighted by Crippen LogP contribution is -2.55. The van der Waals surface area contributed by atoms with Crippen LogP contribution in [0.4, 0.5) is 10.6 Å². The van der Waals surface area contributed by atoms with Gasteiger partial charge in [-0.1, -0.05) is 18.7 Å². The lowest BCUT2D eigenvalue weighted by Gasteiger charge is -2.52. The number of pyridine rings is 1. The third kappa shape index (κ3) is 7.41. The van der Waals surface area contributed by atoms with Crippen molar-refractivity contribution in [1.82, 2.24) is 15.2 Å². The van der Waals surface area contributed by atoms with Crippen LogP contribution in [0.3, 0.4) is 0 Å². The van der Waals surface area contributed by atoms with Crippen molar-refractivity contribution < 1.29 is 19.1 Å². The average molecular weight is 601 g/mol. The molecule has 0 atom stereocenters. The van der Waals surface area contributed by atoms with Gasteiger partial charge in [-0.3, -0.25) is 4.79 Å². The summed E-state index contributed by atoms with van der Waals surface area (Å²) in [6.07, 6.45) is 9.59. The zero-order valence-electron chi connectivity index (χ0n) is 26.2. The van der Waals surface area contributed by atoms with Crippen LogP contribution in [-0.4, -0.2) is 59.4 Å². The molecule has 0 unspecified atom stereocenters. The monoisotopic (exact) mass is 600 g/mol. The summed E-state index contributed by atoms with van der Waals surface area (Å²) in [5, 5.41) is 6.67. The normalized spacial score (nSPS) is 18.0. The quantitative estimate of drug-likeness (QED) is 0.344. The Kier molecular flexibility index (Phi) is 8.99. The second-order valence-corrected chi connectivity index (χ2v) is 13.1. The van der Waals surface area contributed by atoms with E-state index in [1.165, 1.54) is 0 Å². The van der Waals surface area contributed by atoms with E-state index >= 15 is 0 Å². The highest BCUT2D eigenvalue weighted by molar-refractivity contribution is 5.94. The summed E-state index contributed by atoms with van der Waals surface area (Å²) in [6.45, 7) is 13.8. The van der Waals surface area contributed by atoms with Gasteiger partial charge in [0, 0.05) is 61.2 Å². The molecule has 2 fully saturated rings. The first-order valence-corrected chi connectivity index (χ1v) is 15.3. The van der Waals surface area contributed by atoms with E-state index in [1.807, 2.05) is 62.9 Å². The summed E-state index contributed by atoms with van der Waals surface area (Å²) in [5.74, 6) is 1.81. The van der Waals surface area contributed by atoms with Gasteiger partial charge in [-0.2, -0.15) is 0 Å². The molecular weight excluding hydrogens is 556 g/mol. The number of anilines is 1. The summed E-state index contributed by atoms with van der Waals surface area (Å²) in [5.41, 5.74) is 9.79. The van der Waals surface area contributed by atoms with Crippen molar-refractivity contribution in [2.24, 2.45) is 16.1 Å². The van der Waals surface area contributed by atoms with Crippen LogP contribution < -0.4 is 21.1 Å². The smallest absolute Gasteiger partial charge is 0.410 e. The first-order valence-electron chi connectivity index (χ1n) is 15.3. The largest absolute Gasteiger partial charge is 0.492 e. The molecule has 3 aliphatic rings. The molecule has 1 aromatic heterocycles. The van der Waals surface area contributed by atoms with Crippen LogP contribution in [0.15, 0.2) is 53.9 Å². The van der Waals surface area contributed by atoms with E-state index < -0.39 is 5.60 Å². The van der Waals surface area contributed by atoms with E-state index in [2.05, 4.69) is 27.2 Å². The van der Waals surface area contributed by atoms with Crippen LogP contribution in [0.2, 0.25) is 0 Å². The molecule has 2 aliphatic heterocycles. The van der Waals surface area contributed by atoms with Crippen LogP contribution in [0.5, 0.6) is 5.75 Å². The number of nitrogens with one attached hydrogen (secondary N) is 2. The molecule has 3 heterocycles. The lowest BCUT2D eigenvalue weighted by atomic mass is 9.60. The highest BCUT2D eigenvalue weighted by atomic mass is 16.6. The van der Waals surface area contributed by atoms with E-state index in [0.717, 1.165) is 65.9 Å². The maximum Gasteiger partial charge on any atom is 0.410 e. The van der Waals surface area contributed by atoms with Gasteiger partial charge in [-0.25, -0.2) is 14.8 Å². The Morgan fingerprint density at radius 3 is 2.73 bits per heavy atom. The van der Waals surface area contributed by atoms with Crippen molar-refractivity contribution in [3.8, 4) is 5.75 Å². The average Bonchev–Trinajstić information content (AvgIpc) is 3.45.